The second kappa shape index (κ2) is 9.58. The molecule has 0 spiro atoms. The van der Waals surface area contributed by atoms with Gasteiger partial charge in [0.1, 0.15) is 5.76 Å². The fourth-order valence-electron chi connectivity index (χ4n) is 3.47. The van der Waals surface area contributed by atoms with E-state index in [1.165, 1.54) is 55.1 Å². The molecule has 0 amide bonds. The molecule has 5 aromatic rings. The predicted octanol–water partition coefficient (Wildman–Crippen LogP) is 4.54. The van der Waals surface area contributed by atoms with Crippen LogP contribution in [-0.2, 0) is 0 Å². The zero-order valence-corrected chi connectivity index (χ0v) is 18.2. The van der Waals surface area contributed by atoms with Crippen molar-refractivity contribution >= 4 is 16.9 Å². The predicted molar refractivity (Wildman–Crippen MR) is 127 cm³/mol. The second-order valence-electron chi connectivity index (χ2n) is 7.49. The van der Waals surface area contributed by atoms with Gasteiger partial charge < -0.3 is 19.0 Å². The van der Waals surface area contributed by atoms with Crippen LogP contribution in [0.15, 0.2) is 107 Å². The van der Waals surface area contributed by atoms with E-state index in [-0.39, 0.29) is 33.5 Å². The van der Waals surface area contributed by atoms with Crippen LogP contribution < -0.4 is 14.9 Å². The van der Waals surface area contributed by atoms with Gasteiger partial charge in [-0.3, -0.25) is 14.8 Å². The van der Waals surface area contributed by atoms with Crippen LogP contribution in [0, 0.1) is 0 Å². The van der Waals surface area contributed by atoms with Gasteiger partial charge in [0.05, 0.1) is 10.9 Å². The maximum atomic E-state index is 12.9. The van der Waals surface area contributed by atoms with Crippen LogP contribution in [0.1, 0.15) is 22.2 Å². The Bertz CT molecular complexity index is 1540. The van der Waals surface area contributed by atoms with Gasteiger partial charge in [-0.05, 0) is 36.4 Å². The molecule has 1 unspecified atom stereocenters. The molecule has 0 saturated heterocycles. The monoisotopic (exact) mass is 466 g/mol. The number of ether oxygens (including phenoxy) is 2. The molecule has 1 atom stereocenters. The number of aromatic nitrogens is 2. The highest BCUT2D eigenvalue weighted by molar-refractivity contribution is 5.93. The van der Waals surface area contributed by atoms with Gasteiger partial charge in [0.15, 0.2) is 16.8 Å². The molecule has 3 aromatic heterocycles. The van der Waals surface area contributed by atoms with Crippen molar-refractivity contribution in [2.45, 2.75) is 6.29 Å². The van der Waals surface area contributed by atoms with Crippen molar-refractivity contribution in [3.05, 3.63) is 119 Å². The van der Waals surface area contributed by atoms with Gasteiger partial charge in [-0.1, -0.05) is 30.3 Å². The Kier molecular flexibility index (Phi) is 6.02. The van der Waals surface area contributed by atoms with Gasteiger partial charge in [0.25, 0.3) is 0 Å². The van der Waals surface area contributed by atoms with Crippen molar-refractivity contribution < 1.29 is 23.8 Å². The van der Waals surface area contributed by atoms with Gasteiger partial charge in [0.2, 0.25) is 12.0 Å². The van der Waals surface area contributed by atoms with E-state index in [0.29, 0.717) is 16.9 Å². The molecular weight excluding hydrogens is 448 g/mol. The third-order valence-electron chi connectivity index (χ3n) is 5.21. The van der Waals surface area contributed by atoms with Crippen LogP contribution in [0.5, 0.6) is 11.5 Å². The maximum Gasteiger partial charge on any atom is 0.343 e. The number of hydrogen-bond donors (Lipinski definition) is 1. The van der Waals surface area contributed by atoms with Gasteiger partial charge in [-0.25, -0.2) is 4.79 Å². The molecule has 0 radical (unpaired) electrons. The molecule has 2 aromatic carbocycles. The standard InChI is InChI=1S/C27H18N2O6/c30-21-16-23(17-4-2-1-3-5-17)33-24-20(21)6-7-22(34-26(31)18-8-12-28-13-9-18)25(24)35-27(32)19-10-14-29-15-11-19/h1-16,27,32H. The van der Waals surface area contributed by atoms with Crippen LogP contribution in [0.25, 0.3) is 22.3 Å². The molecule has 0 aliphatic carbocycles. The Morgan fingerprint density at radius 1 is 0.886 bits per heavy atom. The molecule has 1 N–H and O–H groups in total. The topological polar surface area (TPSA) is 112 Å². The van der Waals surface area contributed by atoms with Gasteiger partial charge in [-0.15, -0.1) is 0 Å². The Balaban J connectivity index is 1.65. The summed E-state index contributed by atoms with van der Waals surface area (Å²) in [6.45, 7) is 0. The summed E-state index contributed by atoms with van der Waals surface area (Å²) in [5, 5.41) is 10.9. The molecule has 0 aliphatic rings. The van der Waals surface area contributed by atoms with E-state index >= 15 is 0 Å². The van der Waals surface area contributed by atoms with Crippen LogP contribution in [0.4, 0.5) is 0 Å². The Morgan fingerprint density at radius 2 is 1.57 bits per heavy atom. The molecule has 0 saturated carbocycles. The van der Waals surface area contributed by atoms with Crippen molar-refractivity contribution in [1.29, 1.82) is 0 Å². The first-order chi connectivity index (χ1) is 17.1. The van der Waals surface area contributed by atoms with Crippen molar-refractivity contribution in [3.8, 4) is 22.8 Å². The van der Waals surface area contributed by atoms with Gasteiger partial charge in [-0.2, -0.15) is 0 Å². The summed E-state index contributed by atoms with van der Waals surface area (Å²) < 4.78 is 17.5. The molecule has 0 fully saturated rings. The van der Waals surface area contributed by atoms with Crippen molar-refractivity contribution in [3.63, 3.8) is 0 Å². The summed E-state index contributed by atoms with van der Waals surface area (Å²) in [7, 11) is 0. The number of benzene rings is 2. The fourth-order valence-corrected chi connectivity index (χ4v) is 3.47. The first kappa shape index (κ1) is 22.0. The number of hydrogen-bond acceptors (Lipinski definition) is 8. The number of pyridine rings is 2. The number of rotatable bonds is 6. The lowest BCUT2D eigenvalue weighted by atomic mass is 10.1. The van der Waals surface area contributed by atoms with Crippen molar-refractivity contribution in [2.75, 3.05) is 0 Å². The summed E-state index contributed by atoms with van der Waals surface area (Å²) >= 11 is 0. The lowest BCUT2D eigenvalue weighted by Crippen LogP contribution is -2.13. The van der Waals surface area contributed by atoms with Crippen LogP contribution in [0.2, 0.25) is 0 Å². The number of esters is 1. The zero-order valence-electron chi connectivity index (χ0n) is 18.2. The smallest absolute Gasteiger partial charge is 0.343 e. The molecule has 3 heterocycles. The molecule has 172 valence electrons. The largest absolute Gasteiger partial charge is 0.453 e. The number of aliphatic hydroxyl groups is 1. The summed E-state index contributed by atoms with van der Waals surface area (Å²) in [6, 6.07) is 19.5. The molecule has 35 heavy (non-hydrogen) atoms. The Labute approximate surface area is 199 Å². The minimum atomic E-state index is -1.45. The average Bonchev–Trinajstić information content (AvgIpc) is 2.91. The number of carbonyl (C=O) groups is 1. The SMILES string of the molecule is O=C(Oc1ccc2c(=O)cc(-c3ccccc3)oc2c1OC(O)c1ccncc1)c1ccncc1. The third-order valence-corrected chi connectivity index (χ3v) is 5.21. The number of nitrogens with zero attached hydrogens (tertiary/aromatic N) is 2. The van der Waals surface area contributed by atoms with Crippen LogP contribution >= 0.6 is 0 Å². The van der Waals surface area contributed by atoms with E-state index in [4.69, 9.17) is 13.9 Å². The minimum absolute atomic E-state index is 0.0271. The van der Waals surface area contributed by atoms with E-state index < -0.39 is 12.3 Å². The Morgan fingerprint density at radius 3 is 2.29 bits per heavy atom. The summed E-state index contributed by atoms with van der Waals surface area (Å²) in [6.07, 6.45) is 4.48. The maximum absolute atomic E-state index is 12.9. The second-order valence-corrected chi connectivity index (χ2v) is 7.49. The highest BCUT2D eigenvalue weighted by atomic mass is 16.6. The van der Waals surface area contributed by atoms with E-state index in [2.05, 4.69) is 9.97 Å². The highest BCUT2D eigenvalue weighted by Crippen LogP contribution is 2.39. The molecular formula is C27H18N2O6. The Hall–Kier alpha value is -4.82. The molecule has 0 aliphatic heterocycles. The highest BCUT2D eigenvalue weighted by Gasteiger charge is 2.22. The molecule has 8 nitrogen and oxygen atoms in total. The zero-order chi connectivity index (χ0) is 24.2. The number of fused-ring (bicyclic) bond motifs is 1. The minimum Gasteiger partial charge on any atom is -0.453 e. The molecule has 8 heteroatoms. The summed E-state index contributed by atoms with van der Waals surface area (Å²) in [5.74, 6) is -0.495. The summed E-state index contributed by atoms with van der Waals surface area (Å²) in [4.78, 5) is 33.5. The number of aliphatic hydroxyl groups excluding tert-OH is 1. The van der Waals surface area contributed by atoms with Gasteiger partial charge >= 0.3 is 5.97 Å². The van der Waals surface area contributed by atoms with E-state index in [0.717, 1.165) is 0 Å². The van der Waals surface area contributed by atoms with Crippen LogP contribution in [-0.4, -0.2) is 21.0 Å². The quantitative estimate of drug-likeness (QED) is 0.221. The van der Waals surface area contributed by atoms with E-state index in [1.807, 2.05) is 18.2 Å². The lowest BCUT2D eigenvalue weighted by molar-refractivity contribution is -0.0207. The molecule has 5 rings (SSSR count). The van der Waals surface area contributed by atoms with E-state index in [1.54, 1.807) is 24.3 Å². The van der Waals surface area contributed by atoms with Crippen LogP contribution in [0.3, 0.4) is 0 Å². The van der Waals surface area contributed by atoms with Gasteiger partial charge in [0, 0.05) is 42.0 Å². The summed E-state index contributed by atoms with van der Waals surface area (Å²) in [5.41, 5.74) is 1.06. The molecule has 0 bridgehead atoms. The normalized spacial score (nSPS) is 11.7. The van der Waals surface area contributed by atoms with Crippen molar-refractivity contribution in [2.24, 2.45) is 0 Å². The number of carbonyl (C=O) groups excluding carboxylic acids is 1. The van der Waals surface area contributed by atoms with E-state index in [9.17, 15) is 14.7 Å². The average molecular weight is 466 g/mol. The third kappa shape index (κ3) is 4.64. The van der Waals surface area contributed by atoms with Crippen molar-refractivity contribution in [1.82, 2.24) is 9.97 Å². The first-order valence-electron chi connectivity index (χ1n) is 10.6. The lowest BCUT2D eigenvalue weighted by Gasteiger charge is -2.18. The fraction of sp³-hybridized carbons (Fsp3) is 0.0370. The first-order valence-corrected chi connectivity index (χ1v) is 10.6.